The van der Waals surface area contributed by atoms with Crippen molar-refractivity contribution in [3.05, 3.63) is 65.1 Å². The summed E-state index contributed by atoms with van der Waals surface area (Å²) in [6.45, 7) is -0.901. The van der Waals surface area contributed by atoms with Crippen LogP contribution in [0.2, 0.25) is 0 Å². The predicted octanol–water partition coefficient (Wildman–Crippen LogP) is 3.67. The highest BCUT2D eigenvalue weighted by atomic mass is 19.3. The van der Waals surface area contributed by atoms with E-state index < -0.39 is 30.3 Å². The van der Waals surface area contributed by atoms with E-state index in [-0.39, 0.29) is 41.0 Å². The molecule has 1 atom stereocenters. The number of nitrogens with one attached hydrogen (secondary N) is 1. The van der Waals surface area contributed by atoms with Gasteiger partial charge in [0.25, 0.3) is 5.91 Å². The van der Waals surface area contributed by atoms with Gasteiger partial charge in [0.15, 0.2) is 23.0 Å². The van der Waals surface area contributed by atoms with Crippen molar-refractivity contribution in [1.82, 2.24) is 10.3 Å². The number of halogens is 4. The number of amides is 1. The number of benzene rings is 2. The van der Waals surface area contributed by atoms with Gasteiger partial charge in [0.2, 0.25) is 5.89 Å². The Morgan fingerprint density at radius 3 is 2.51 bits per heavy atom. The van der Waals surface area contributed by atoms with Crippen molar-refractivity contribution in [2.75, 3.05) is 6.61 Å². The second-order valence-corrected chi connectivity index (χ2v) is 7.91. The van der Waals surface area contributed by atoms with Gasteiger partial charge in [0.05, 0.1) is 13.2 Å². The maximum Gasteiger partial charge on any atom is 0.387 e. The predicted molar refractivity (Wildman–Crippen MR) is 123 cm³/mol. The fourth-order valence-corrected chi connectivity index (χ4v) is 3.27. The number of nitrogens with zero attached hydrogens (tertiary/aromatic N) is 1. The monoisotopic (exact) mass is 524 g/mol. The number of alkyl halides is 2. The van der Waals surface area contributed by atoms with Gasteiger partial charge >= 0.3 is 6.61 Å². The van der Waals surface area contributed by atoms with Gasteiger partial charge in [-0.25, -0.2) is 13.8 Å². The molecule has 4 rings (SSSR count). The molecule has 0 bridgehead atoms. The summed E-state index contributed by atoms with van der Waals surface area (Å²) >= 11 is 0. The molecule has 1 aliphatic rings. The average molecular weight is 524 g/mol. The van der Waals surface area contributed by atoms with Crippen LogP contribution in [-0.2, 0) is 11.3 Å². The zero-order valence-corrected chi connectivity index (χ0v) is 19.4. The van der Waals surface area contributed by atoms with Crippen molar-refractivity contribution < 1.29 is 41.0 Å². The van der Waals surface area contributed by atoms with Gasteiger partial charge in [-0.1, -0.05) is 0 Å². The summed E-state index contributed by atoms with van der Waals surface area (Å²) in [4.78, 5) is 24.9. The first-order valence-corrected chi connectivity index (χ1v) is 11.0. The number of hydrogen-bond acceptors (Lipinski definition) is 8. The van der Waals surface area contributed by atoms with E-state index in [9.17, 15) is 22.4 Å². The fourth-order valence-electron chi connectivity index (χ4n) is 3.27. The summed E-state index contributed by atoms with van der Waals surface area (Å²) < 4.78 is 68.5. The lowest BCUT2D eigenvalue weighted by Gasteiger charge is -2.14. The molecule has 198 valence electrons. The molecule has 1 unspecified atom stereocenters. The first-order chi connectivity index (χ1) is 17.7. The van der Waals surface area contributed by atoms with E-state index in [0.717, 1.165) is 25.0 Å². The van der Waals surface area contributed by atoms with Crippen molar-refractivity contribution in [2.24, 2.45) is 17.4 Å². The maximum absolute atomic E-state index is 14.0. The van der Waals surface area contributed by atoms with E-state index in [0.29, 0.717) is 24.2 Å². The van der Waals surface area contributed by atoms with E-state index in [1.54, 1.807) is 0 Å². The Hall–Kier alpha value is -3.97. The Morgan fingerprint density at radius 1 is 1.16 bits per heavy atom. The van der Waals surface area contributed by atoms with Gasteiger partial charge in [0, 0.05) is 17.2 Å². The lowest BCUT2D eigenvalue weighted by molar-refractivity contribution is -0.0980. The van der Waals surface area contributed by atoms with Crippen molar-refractivity contribution in [1.29, 1.82) is 0 Å². The van der Waals surface area contributed by atoms with Gasteiger partial charge < -0.3 is 35.5 Å². The first-order valence-electron chi connectivity index (χ1n) is 11.0. The molecule has 5 N–H and O–H groups in total. The standard InChI is InChI=1S/C23H22F4N4O4.CH2O/c24-13-4-5-14(15(25)8-13)20(29)31-21(32)19-18(9-28)34-22(30-19)12-3-6-16(35-23(26)27)17(7-12)33-10-11-1-2-11;1-2/h3-8,11,20,23H,1-2,9-10,28-29H2,(H,31,32);1H2. The molecule has 1 amide bonds. The molecule has 1 aromatic heterocycles. The fraction of sp³-hybridized carbons (Fsp3) is 0.292. The molecule has 1 heterocycles. The number of nitrogens with two attached hydrogens (primary N) is 2. The summed E-state index contributed by atoms with van der Waals surface area (Å²) in [7, 11) is 0. The number of rotatable bonds is 10. The molecule has 2 aromatic carbocycles. The largest absolute Gasteiger partial charge is 0.489 e. The van der Waals surface area contributed by atoms with Crippen LogP contribution in [0.5, 0.6) is 11.5 Å². The first kappa shape index (κ1) is 27.6. The minimum atomic E-state index is -3.04. The second kappa shape index (κ2) is 12.3. The highest BCUT2D eigenvalue weighted by Crippen LogP contribution is 2.36. The van der Waals surface area contributed by atoms with Crippen LogP contribution in [-0.4, -0.2) is 30.9 Å². The minimum absolute atomic E-state index is 0.0117. The number of hydrogen-bond donors (Lipinski definition) is 3. The van der Waals surface area contributed by atoms with Crippen LogP contribution in [0.15, 0.2) is 40.8 Å². The van der Waals surface area contributed by atoms with Crippen LogP contribution < -0.4 is 26.3 Å². The number of carbonyl (C=O) groups is 2. The number of oxazole rings is 1. The van der Waals surface area contributed by atoms with Crippen LogP contribution in [0.1, 0.15) is 40.8 Å². The molecule has 0 spiro atoms. The Bertz CT molecular complexity index is 1240. The molecule has 0 aliphatic heterocycles. The molecule has 13 heteroatoms. The van der Waals surface area contributed by atoms with Crippen LogP contribution in [0, 0.1) is 17.6 Å². The summed E-state index contributed by atoms with van der Waals surface area (Å²) in [5.74, 6) is -2.27. The van der Waals surface area contributed by atoms with Crippen molar-refractivity contribution in [2.45, 2.75) is 32.2 Å². The molecule has 1 aliphatic carbocycles. The van der Waals surface area contributed by atoms with E-state index >= 15 is 0 Å². The Balaban J connectivity index is 0.00000186. The summed E-state index contributed by atoms with van der Waals surface area (Å²) in [5.41, 5.74) is 11.5. The molecular weight excluding hydrogens is 500 g/mol. The van der Waals surface area contributed by atoms with Gasteiger partial charge in [-0.15, -0.1) is 0 Å². The third-order valence-electron chi connectivity index (χ3n) is 5.26. The zero-order valence-electron chi connectivity index (χ0n) is 19.4. The molecule has 0 saturated heterocycles. The molecule has 1 fully saturated rings. The maximum atomic E-state index is 14.0. The summed E-state index contributed by atoms with van der Waals surface area (Å²) in [6.07, 6.45) is 0.682. The van der Waals surface area contributed by atoms with E-state index in [4.69, 9.17) is 25.4 Å². The number of aromatic nitrogens is 1. The second-order valence-electron chi connectivity index (χ2n) is 7.91. The van der Waals surface area contributed by atoms with Crippen molar-refractivity contribution in [3.8, 4) is 23.0 Å². The van der Waals surface area contributed by atoms with Crippen LogP contribution in [0.25, 0.3) is 11.5 Å². The number of ether oxygens (including phenoxy) is 2. The summed E-state index contributed by atoms with van der Waals surface area (Å²) in [5, 5.41) is 2.36. The smallest absolute Gasteiger partial charge is 0.387 e. The third-order valence-corrected chi connectivity index (χ3v) is 5.26. The van der Waals surface area contributed by atoms with Gasteiger partial charge in [-0.3, -0.25) is 4.79 Å². The molecule has 37 heavy (non-hydrogen) atoms. The van der Waals surface area contributed by atoms with Gasteiger partial charge in [-0.05, 0) is 49.1 Å². The highest BCUT2D eigenvalue weighted by molar-refractivity contribution is 5.94. The minimum Gasteiger partial charge on any atom is -0.489 e. The lowest BCUT2D eigenvalue weighted by atomic mass is 10.1. The topological polar surface area (TPSA) is 143 Å². The molecule has 9 nitrogen and oxygen atoms in total. The van der Waals surface area contributed by atoms with E-state index in [2.05, 4.69) is 15.0 Å². The van der Waals surface area contributed by atoms with E-state index in [1.807, 2.05) is 6.79 Å². The summed E-state index contributed by atoms with van der Waals surface area (Å²) in [6, 6.07) is 6.87. The quantitative estimate of drug-likeness (QED) is 0.269. The molecular formula is C24H24F4N4O5. The Kier molecular flexibility index (Phi) is 9.20. The molecule has 0 radical (unpaired) electrons. The average Bonchev–Trinajstić information content (AvgIpc) is 3.59. The van der Waals surface area contributed by atoms with Gasteiger partial charge in [0.1, 0.15) is 24.6 Å². The SMILES string of the molecule is C=O.NCc1oc(-c2ccc(OC(F)F)c(OCC3CC3)c2)nc1C(=O)NC(N)c1ccc(F)cc1F. The zero-order chi connectivity index (χ0) is 27.1. The van der Waals surface area contributed by atoms with Crippen molar-refractivity contribution in [3.63, 3.8) is 0 Å². The van der Waals surface area contributed by atoms with Crippen LogP contribution in [0.3, 0.4) is 0 Å². The van der Waals surface area contributed by atoms with Crippen LogP contribution in [0.4, 0.5) is 17.6 Å². The Morgan fingerprint density at radius 2 is 1.89 bits per heavy atom. The third kappa shape index (κ3) is 7.05. The molecule has 1 saturated carbocycles. The Labute approximate surface area is 208 Å². The highest BCUT2D eigenvalue weighted by Gasteiger charge is 2.25. The normalized spacial score (nSPS) is 13.5. The number of carbonyl (C=O) groups excluding carboxylic acids is 2. The van der Waals surface area contributed by atoms with Crippen molar-refractivity contribution >= 4 is 12.7 Å². The van der Waals surface area contributed by atoms with Crippen LogP contribution >= 0.6 is 0 Å². The molecule has 3 aromatic rings. The van der Waals surface area contributed by atoms with Gasteiger partial charge in [-0.2, -0.15) is 8.78 Å². The lowest BCUT2D eigenvalue weighted by Crippen LogP contribution is -2.35. The van der Waals surface area contributed by atoms with E-state index in [1.165, 1.54) is 18.2 Å².